The lowest BCUT2D eigenvalue weighted by Gasteiger charge is -2.20. The summed E-state index contributed by atoms with van der Waals surface area (Å²) in [5, 5.41) is 0. The molecule has 3 aromatic rings. The van der Waals surface area contributed by atoms with Gasteiger partial charge in [-0.3, -0.25) is 0 Å². The van der Waals surface area contributed by atoms with E-state index < -0.39 is 17.7 Å². The molecule has 0 atom stereocenters. The normalized spacial score (nSPS) is 9.94. The maximum Gasteiger partial charge on any atom is 0.315 e. The first-order valence-corrected chi connectivity index (χ1v) is 11.0. The summed E-state index contributed by atoms with van der Waals surface area (Å²) in [6.45, 7) is 2.87. The molecule has 0 aliphatic carbocycles. The predicted octanol–water partition coefficient (Wildman–Crippen LogP) is 5.20. The van der Waals surface area contributed by atoms with E-state index in [2.05, 4.69) is 0 Å². The number of carbonyl (C=O) groups excluding carboxylic acids is 1. The van der Waals surface area contributed by atoms with Gasteiger partial charge in [-0.05, 0) is 53.9 Å². The highest BCUT2D eigenvalue weighted by Gasteiger charge is 2.13. The summed E-state index contributed by atoms with van der Waals surface area (Å²) in [4.78, 5) is 12.8. The van der Waals surface area contributed by atoms with E-state index in [1.807, 2.05) is 6.92 Å². The molecule has 0 aliphatic heterocycles. The van der Waals surface area contributed by atoms with Crippen LogP contribution in [-0.4, -0.2) is 31.1 Å². The third-order valence-corrected chi connectivity index (χ3v) is 5.03. The molecule has 0 bridgehead atoms. The fourth-order valence-corrected chi connectivity index (χ4v) is 3.09. The smallest absolute Gasteiger partial charge is 0.315 e. The van der Waals surface area contributed by atoms with Gasteiger partial charge in [-0.15, -0.1) is 12.4 Å². The van der Waals surface area contributed by atoms with Gasteiger partial charge in [0.25, 0.3) is 0 Å². The number of benzene rings is 3. The molecule has 0 saturated carbocycles. The second kappa shape index (κ2) is 15.5. The van der Waals surface area contributed by atoms with Crippen LogP contribution in [0.3, 0.4) is 0 Å². The van der Waals surface area contributed by atoms with Gasteiger partial charge >= 0.3 is 6.03 Å². The maximum absolute atomic E-state index is 13.7. The molecule has 3 rings (SSSR count). The van der Waals surface area contributed by atoms with Crippen LogP contribution in [0.1, 0.15) is 23.6 Å². The van der Waals surface area contributed by atoms with Crippen molar-refractivity contribution in [2.75, 3.05) is 20.2 Å². The number of nitrogens with zero attached hydrogens (tertiary/aromatic N) is 1. The topological polar surface area (TPSA) is 90.8 Å². The SMILES string of the molecule is CCc1ccc(F)cc1.COc1cc(CN(CCN)C(N)=O)ccc1OCc1ccc(F)cc1F.Cl. The number of carbonyl (C=O) groups is 1. The lowest BCUT2D eigenvalue weighted by atomic mass is 10.2. The van der Waals surface area contributed by atoms with Gasteiger partial charge in [0.05, 0.1) is 7.11 Å². The minimum atomic E-state index is -0.681. The number of nitrogens with two attached hydrogens (primary N) is 2. The first kappa shape index (κ1) is 30.6. The van der Waals surface area contributed by atoms with Gasteiger partial charge in [-0.1, -0.05) is 25.1 Å². The molecule has 0 saturated heterocycles. The van der Waals surface area contributed by atoms with E-state index >= 15 is 0 Å². The average molecular weight is 526 g/mol. The Morgan fingerprint density at radius 2 is 1.56 bits per heavy atom. The summed E-state index contributed by atoms with van der Waals surface area (Å²) >= 11 is 0. The molecule has 196 valence electrons. The van der Waals surface area contributed by atoms with E-state index in [0.29, 0.717) is 24.6 Å². The van der Waals surface area contributed by atoms with E-state index in [4.69, 9.17) is 20.9 Å². The monoisotopic (exact) mass is 525 g/mol. The fourth-order valence-electron chi connectivity index (χ4n) is 3.09. The highest BCUT2D eigenvalue weighted by atomic mass is 35.5. The molecular weight excluding hydrogens is 495 g/mol. The Morgan fingerprint density at radius 3 is 2.11 bits per heavy atom. The molecule has 4 N–H and O–H groups in total. The van der Waals surface area contributed by atoms with Crippen molar-refractivity contribution >= 4 is 18.4 Å². The molecule has 3 aromatic carbocycles. The minimum Gasteiger partial charge on any atom is -0.493 e. The van der Waals surface area contributed by atoms with Crippen LogP contribution < -0.4 is 20.9 Å². The van der Waals surface area contributed by atoms with Crippen molar-refractivity contribution in [3.63, 3.8) is 0 Å². The molecule has 0 heterocycles. The molecule has 0 radical (unpaired) electrons. The fraction of sp³-hybridized carbons (Fsp3) is 0.269. The van der Waals surface area contributed by atoms with E-state index in [9.17, 15) is 18.0 Å². The summed E-state index contributed by atoms with van der Waals surface area (Å²) < 4.78 is 49.7. The number of aryl methyl sites for hydroxylation is 1. The zero-order valence-corrected chi connectivity index (χ0v) is 21.0. The van der Waals surface area contributed by atoms with Crippen LogP contribution in [0, 0.1) is 17.5 Å². The van der Waals surface area contributed by atoms with E-state index in [0.717, 1.165) is 24.1 Å². The Hall–Kier alpha value is -3.43. The van der Waals surface area contributed by atoms with Crippen LogP contribution in [-0.2, 0) is 19.6 Å². The number of rotatable bonds is 9. The van der Waals surface area contributed by atoms with Crippen LogP contribution in [0.5, 0.6) is 11.5 Å². The Morgan fingerprint density at radius 1 is 0.917 bits per heavy atom. The van der Waals surface area contributed by atoms with E-state index in [1.54, 1.807) is 30.3 Å². The molecule has 2 amide bonds. The maximum atomic E-state index is 13.7. The standard InChI is InChI=1S/C18H21F2N3O3.C8H9F.ClH/c1-25-17-8-12(10-23(7-6-21)18(22)24)2-5-16(17)26-11-13-3-4-14(19)9-15(13)20;1-2-7-3-5-8(9)6-4-7;/h2-5,8-9H,6-7,10-11,21H2,1H3,(H2,22,24);3-6H,2H2,1H3;1H. The first-order chi connectivity index (χ1) is 16.8. The van der Waals surface area contributed by atoms with Gasteiger partial charge < -0.3 is 25.8 Å². The van der Waals surface area contributed by atoms with E-state index in [-0.39, 0.29) is 36.9 Å². The number of ether oxygens (including phenoxy) is 2. The number of hydrogen-bond donors (Lipinski definition) is 2. The zero-order valence-electron chi connectivity index (χ0n) is 20.2. The van der Waals surface area contributed by atoms with Crippen molar-refractivity contribution in [3.8, 4) is 11.5 Å². The lowest BCUT2D eigenvalue weighted by molar-refractivity contribution is 0.206. The van der Waals surface area contributed by atoms with Gasteiger partial charge in [0.2, 0.25) is 0 Å². The zero-order chi connectivity index (χ0) is 25.8. The average Bonchev–Trinajstić information content (AvgIpc) is 2.84. The molecule has 0 unspecified atom stereocenters. The molecule has 0 aliphatic rings. The Kier molecular flexibility index (Phi) is 13.2. The number of urea groups is 1. The molecule has 6 nitrogen and oxygen atoms in total. The summed E-state index contributed by atoms with van der Waals surface area (Å²) in [6.07, 6.45) is 0.972. The highest BCUT2D eigenvalue weighted by molar-refractivity contribution is 5.85. The number of hydrogen-bond acceptors (Lipinski definition) is 4. The second-order valence-electron chi connectivity index (χ2n) is 7.54. The van der Waals surface area contributed by atoms with Crippen molar-refractivity contribution in [3.05, 3.63) is 94.8 Å². The Balaban J connectivity index is 0.000000546. The molecule has 36 heavy (non-hydrogen) atoms. The summed E-state index contributed by atoms with van der Waals surface area (Å²) in [6, 6.07) is 14.4. The van der Waals surface area contributed by atoms with Crippen LogP contribution in [0.25, 0.3) is 0 Å². The van der Waals surface area contributed by atoms with Crippen molar-refractivity contribution in [1.29, 1.82) is 0 Å². The second-order valence-corrected chi connectivity index (χ2v) is 7.54. The largest absolute Gasteiger partial charge is 0.493 e. The summed E-state index contributed by atoms with van der Waals surface area (Å²) in [7, 11) is 1.47. The third-order valence-electron chi connectivity index (χ3n) is 5.03. The third kappa shape index (κ3) is 9.67. The van der Waals surface area contributed by atoms with Crippen molar-refractivity contribution in [2.24, 2.45) is 11.5 Å². The Labute approximate surface area is 215 Å². The van der Waals surface area contributed by atoms with Gasteiger partial charge in [-0.2, -0.15) is 0 Å². The number of methoxy groups -OCH3 is 1. The molecule has 0 fully saturated rings. The Bertz CT molecular complexity index is 1100. The quantitative estimate of drug-likeness (QED) is 0.401. The van der Waals surface area contributed by atoms with Crippen molar-refractivity contribution in [1.82, 2.24) is 4.90 Å². The van der Waals surface area contributed by atoms with Crippen LogP contribution >= 0.6 is 12.4 Å². The van der Waals surface area contributed by atoms with Gasteiger partial charge in [0.15, 0.2) is 11.5 Å². The van der Waals surface area contributed by atoms with Gasteiger partial charge in [-0.25, -0.2) is 18.0 Å². The molecule has 10 heteroatoms. The molecule has 0 aromatic heterocycles. The predicted molar refractivity (Wildman–Crippen MR) is 136 cm³/mol. The van der Waals surface area contributed by atoms with E-state index in [1.165, 1.54) is 35.8 Å². The minimum absolute atomic E-state index is 0. The van der Waals surface area contributed by atoms with Crippen molar-refractivity contribution < 1.29 is 27.4 Å². The highest BCUT2D eigenvalue weighted by Crippen LogP contribution is 2.29. The van der Waals surface area contributed by atoms with Gasteiger partial charge in [0, 0.05) is 31.3 Å². The number of amides is 2. The number of halogens is 4. The summed E-state index contributed by atoms with van der Waals surface area (Å²) in [5.41, 5.74) is 13.0. The van der Waals surface area contributed by atoms with Gasteiger partial charge in [0.1, 0.15) is 24.1 Å². The van der Waals surface area contributed by atoms with Crippen LogP contribution in [0.15, 0.2) is 60.7 Å². The van der Waals surface area contributed by atoms with Crippen LogP contribution in [0.2, 0.25) is 0 Å². The number of primary amides is 1. The van der Waals surface area contributed by atoms with Crippen molar-refractivity contribution in [2.45, 2.75) is 26.5 Å². The summed E-state index contributed by atoms with van der Waals surface area (Å²) in [5.74, 6) is -0.678. The molecule has 0 spiro atoms. The first-order valence-electron chi connectivity index (χ1n) is 11.0. The lowest BCUT2D eigenvalue weighted by Crippen LogP contribution is -2.38. The van der Waals surface area contributed by atoms with Crippen LogP contribution in [0.4, 0.5) is 18.0 Å². The molecular formula is C26H31ClF3N3O3.